The highest BCUT2D eigenvalue weighted by molar-refractivity contribution is 6.30. The lowest BCUT2D eigenvalue weighted by atomic mass is 10.2. The lowest BCUT2D eigenvalue weighted by Crippen LogP contribution is -2.13. The summed E-state index contributed by atoms with van der Waals surface area (Å²) in [6, 6.07) is 7.43. The molecule has 0 aliphatic heterocycles. The Labute approximate surface area is 119 Å². The van der Waals surface area contributed by atoms with Crippen molar-refractivity contribution in [2.45, 2.75) is 6.92 Å². The average molecular weight is 296 g/mol. The van der Waals surface area contributed by atoms with Crippen LogP contribution >= 0.6 is 11.6 Å². The molecule has 7 heteroatoms. The van der Waals surface area contributed by atoms with Gasteiger partial charge in [0.2, 0.25) is 5.88 Å². The highest BCUT2D eigenvalue weighted by atomic mass is 35.5. The number of pyridine rings is 1. The molecule has 5 nitrogen and oxygen atoms in total. The molecule has 0 bridgehead atoms. The molecule has 0 radical (unpaired) electrons. The number of hydrogen-bond donors (Lipinski definition) is 2. The molecule has 0 aliphatic carbocycles. The molecule has 3 N–H and O–H groups in total. The highest BCUT2D eigenvalue weighted by Gasteiger charge is 2.11. The average Bonchev–Trinajstić information content (AvgIpc) is 2.42. The van der Waals surface area contributed by atoms with E-state index >= 15 is 0 Å². The minimum absolute atomic E-state index is 0.0492. The summed E-state index contributed by atoms with van der Waals surface area (Å²) >= 11 is 5.67. The highest BCUT2D eigenvalue weighted by Crippen LogP contribution is 2.28. The van der Waals surface area contributed by atoms with Crippen molar-refractivity contribution in [1.82, 2.24) is 4.98 Å². The van der Waals surface area contributed by atoms with Crippen LogP contribution < -0.4 is 10.5 Å². The van der Waals surface area contributed by atoms with Crippen molar-refractivity contribution in [2.75, 3.05) is 0 Å². The second kappa shape index (κ2) is 5.75. The largest absolute Gasteiger partial charge is 0.436 e. The molecular weight excluding hydrogens is 285 g/mol. The number of amidine groups is 1. The van der Waals surface area contributed by atoms with Gasteiger partial charge < -0.3 is 15.7 Å². The van der Waals surface area contributed by atoms with Gasteiger partial charge in [-0.1, -0.05) is 22.8 Å². The molecule has 0 spiro atoms. The van der Waals surface area contributed by atoms with Crippen molar-refractivity contribution in [1.29, 1.82) is 0 Å². The molecular formula is C13H11ClFN3O2. The molecule has 0 fully saturated rings. The molecule has 0 aliphatic rings. The fraction of sp³-hybridized carbons (Fsp3) is 0.0769. The number of oxime groups is 1. The van der Waals surface area contributed by atoms with Gasteiger partial charge in [-0.05, 0) is 25.1 Å². The maximum absolute atomic E-state index is 13.7. The second-order valence-corrected chi connectivity index (χ2v) is 4.38. The van der Waals surface area contributed by atoms with E-state index in [1.54, 1.807) is 19.1 Å². The van der Waals surface area contributed by atoms with Crippen LogP contribution in [0.4, 0.5) is 4.39 Å². The third-order valence-electron chi connectivity index (χ3n) is 2.46. The van der Waals surface area contributed by atoms with Gasteiger partial charge in [-0.2, -0.15) is 0 Å². The molecule has 1 heterocycles. The monoisotopic (exact) mass is 295 g/mol. The fourth-order valence-corrected chi connectivity index (χ4v) is 1.74. The topological polar surface area (TPSA) is 80.7 Å². The van der Waals surface area contributed by atoms with Gasteiger partial charge in [0, 0.05) is 17.3 Å². The Balaban J connectivity index is 2.39. The van der Waals surface area contributed by atoms with Gasteiger partial charge >= 0.3 is 0 Å². The van der Waals surface area contributed by atoms with Crippen LogP contribution in [0.3, 0.4) is 0 Å². The number of halogens is 2. The summed E-state index contributed by atoms with van der Waals surface area (Å²) in [4.78, 5) is 4.09. The molecule has 20 heavy (non-hydrogen) atoms. The summed E-state index contributed by atoms with van der Waals surface area (Å²) in [6.07, 6.45) is 0. The molecule has 0 amide bonds. The van der Waals surface area contributed by atoms with Gasteiger partial charge in [-0.3, -0.25) is 0 Å². The lowest BCUT2D eigenvalue weighted by Gasteiger charge is -2.09. The molecule has 0 saturated heterocycles. The van der Waals surface area contributed by atoms with Crippen LogP contribution in [0.1, 0.15) is 11.3 Å². The van der Waals surface area contributed by atoms with E-state index in [1.165, 1.54) is 18.2 Å². The van der Waals surface area contributed by atoms with E-state index < -0.39 is 5.82 Å². The quantitative estimate of drug-likeness (QED) is 0.395. The number of nitrogens with two attached hydrogens (primary N) is 1. The standard InChI is InChI=1S/C13H11ClFN3O2/c1-7-5-8(13(16)18-19)6-11(17-7)20-10-4-2-3-9(14)12(10)15/h2-6,19H,1H3,(H2,16,18). The first-order chi connectivity index (χ1) is 9.51. The minimum Gasteiger partial charge on any atom is -0.436 e. The van der Waals surface area contributed by atoms with E-state index in [0.717, 1.165) is 0 Å². The predicted molar refractivity (Wildman–Crippen MR) is 73.0 cm³/mol. The molecule has 0 unspecified atom stereocenters. The van der Waals surface area contributed by atoms with Crippen LogP contribution in [-0.2, 0) is 0 Å². The van der Waals surface area contributed by atoms with E-state index in [1.807, 2.05) is 0 Å². The van der Waals surface area contributed by atoms with Crippen molar-refractivity contribution in [3.8, 4) is 11.6 Å². The number of aromatic nitrogens is 1. The van der Waals surface area contributed by atoms with Crippen LogP contribution in [0.25, 0.3) is 0 Å². The minimum atomic E-state index is -0.678. The lowest BCUT2D eigenvalue weighted by molar-refractivity contribution is 0.318. The third-order valence-corrected chi connectivity index (χ3v) is 2.76. The Hall–Kier alpha value is -2.34. The Morgan fingerprint density at radius 3 is 2.90 bits per heavy atom. The summed E-state index contributed by atoms with van der Waals surface area (Å²) in [7, 11) is 0. The van der Waals surface area contributed by atoms with Gasteiger partial charge in [0.15, 0.2) is 17.4 Å². The van der Waals surface area contributed by atoms with Crippen molar-refractivity contribution in [3.63, 3.8) is 0 Å². The van der Waals surface area contributed by atoms with Crippen molar-refractivity contribution >= 4 is 17.4 Å². The molecule has 0 saturated carbocycles. The number of hydrogen-bond acceptors (Lipinski definition) is 4. The van der Waals surface area contributed by atoms with E-state index in [-0.39, 0.29) is 22.5 Å². The predicted octanol–water partition coefficient (Wildman–Crippen LogP) is 3.07. The Morgan fingerprint density at radius 2 is 2.20 bits per heavy atom. The SMILES string of the molecule is Cc1cc(/C(N)=N/O)cc(Oc2cccc(Cl)c2F)n1. The van der Waals surface area contributed by atoms with Crippen molar-refractivity contribution < 1.29 is 14.3 Å². The molecule has 1 aromatic heterocycles. The summed E-state index contributed by atoms with van der Waals surface area (Å²) < 4.78 is 19.1. The normalized spacial score (nSPS) is 11.4. The molecule has 0 atom stereocenters. The maximum Gasteiger partial charge on any atom is 0.220 e. The maximum atomic E-state index is 13.7. The number of nitrogens with zero attached hydrogens (tertiary/aromatic N) is 2. The van der Waals surface area contributed by atoms with Gasteiger partial charge in [-0.25, -0.2) is 9.37 Å². The van der Waals surface area contributed by atoms with Crippen LogP contribution in [0, 0.1) is 12.7 Å². The Bertz CT molecular complexity index is 677. The Kier molecular flexibility index (Phi) is 4.05. The van der Waals surface area contributed by atoms with Crippen molar-refractivity contribution in [2.24, 2.45) is 10.9 Å². The first kappa shape index (κ1) is 14.1. The van der Waals surface area contributed by atoms with E-state index in [4.69, 9.17) is 27.3 Å². The molecule has 104 valence electrons. The first-order valence-electron chi connectivity index (χ1n) is 5.59. The zero-order valence-electron chi connectivity index (χ0n) is 10.5. The van der Waals surface area contributed by atoms with Gasteiger partial charge in [0.1, 0.15) is 0 Å². The number of ether oxygens (including phenoxy) is 1. The van der Waals surface area contributed by atoms with Crippen LogP contribution in [0.15, 0.2) is 35.5 Å². The van der Waals surface area contributed by atoms with Crippen LogP contribution in [0.2, 0.25) is 5.02 Å². The third kappa shape index (κ3) is 2.97. The number of aryl methyl sites for hydroxylation is 1. The number of benzene rings is 1. The van der Waals surface area contributed by atoms with E-state index in [0.29, 0.717) is 11.3 Å². The van der Waals surface area contributed by atoms with Gasteiger partial charge in [-0.15, -0.1) is 0 Å². The van der Waals surface area contributed by atoms with Gasteiger partial charge in [0.05, 0.1) is 5.02 Å². The molecule has 1 aromatic carbocycles. The summed E-state index contributed by atoms with van der Waals surface area (Å²) in [6.45, 7) is 1.70. The summed E-state index contributed by atoms with van der Waals surface area (Å²) in [5.41, 5.74) is 6.49. The number of rotatable bonds is 3. The zero-order valence-corrected chi connectivity index (χ0v) is 11.2. The summed E-state index contributed by atoms with van der Waals surface area (Å²) in [5, 5.41) is 11.5. The van der Waals surface area contributed by atoms with Gasteiger partial charge in [0.25, 0.3) is 0 Å². The van der Waals surface area contributed by atoms with Crippen LogP contribution in [-0.4, -0.2) is 16.0 Å². The zero-order chi connectivity index (χ0) is 14.7. The molecule has 2 aromatic rings. The fourth-order valence-electron chi connectivity index (χ4n) is 1.57. The smallest absolute Gasteiger partial charge is 0.220 e. The molecule has 2 rings (SSSR count). The first-order valence-corrected chi connectivity index (χ1v) is 5.97. The van der Waals surface area contributed by atoms with Crippen molar-refractivity contribution in [3.05, 3.63) is 52.4 Å². The summed E-state index contributed by atoms with van der Waals surface area (Å²) in [5.74, 6) is -0.705. The van der Waals surface area contributed by atoms with Crippen LogP contribution in [0.5, 0.6) is 11.6 Å². The van der Waals surface area contributed by atoms with E-state index in [2.05, 4.69) is 10.1 Å². The second-order valence-electron chi connectivity index (χ2n) is 3.97. The van der Waals surface area contributed by atoms with E-state index in [9.17, 15) is 4.39 Å². The Morgan fingerprint density at radius 1 is 1.45 bits per heavy atom.